The molecular formula is C21H24N6O2. The molecule has 4 heterocycles. The number of rotatable bonds is 4. The van der Waals surface area contributed by atoms with Crippen LogP contribution in [0.2, 0.25) is 0 Å². The predicted molar refractivity (Wildman–Crippen MR) is 111 cm³/mol. The van der Waals surface area contributed by atoms with Crippen molar-refractivity contribution in [2.75, 3.05) is 38.1 Å². The van der Waals surface area contributed by atoms with Crippen LogP contribution in [0, 0.1) is 6.92 Å². The van der Waals surface area contributed by atoms with Crippen molar-refractivity contribution in [3.63, 3.8) is 0 Å². The van der Waals surface area contributed by atoms with E-state index >= 15 is 0 Å². The fraction of sp³-hybridized carbons (Fsp3) is 0.333. The largest absolute Gasteiger partial charge is 0.354 e. The maximum absolute atomic E-state index is 12.6. The summed E-state index contributed by atoms with van der Waals surface area (Å²) in [6.07, 6.45) is 4.78. The topological polar surface area (TPSA) is 82.8 Å². The summed E-state index contributed by atoms with van der Waals surface area (Å²) in [6, 6.07) is 7.56. The Bertz CT molecular complexity index is 1080. The van der Waals surface area contributed by atoms with Crippen molar-refractivity contribution in [3.8, 4) is 0 Å². The predicted octanol–water partition coefficient (Wildman–Crippen LogP) is 1.08. The molecule has 3 aromatic heterocycles. The molecule has 8 nitrogen and oxygen atoms in total. The van der Waals surface area contributed by atoms with Gasteiger partial charge in [-0.05, 0) is 37.2 Å². The molecule has 0 atom stereocenters. The number of aromatic nitrogens is 3. The van der Waals surface area contributed by atoms with Crippen LogP contribution in [0.3, 0.4) is 0 Å². The molecule has 3 aromatic rings. The zero-order chi connectivity index (χ0) is 20.4. The molecule has 1 fully saturated rings. The number of pyridine rings is 2. The van der Waals surface area contributed by atoms with Crippen LogP contribution in [-0.2, 0) is 6.54 Å². The van der Waals surface area contributed by atoms with Crippen LogP contribution in [0.1, 0.15) is 21.5 Å². The van der Waals surface area contributed by atoms with Crippen LogP contribution in [-0.4, -0.2) is 58.4 Å². The highest BCUT2D eigenvalue weighted by atomic mass is 16.2. The molecule has 1 amide bonds. The number of fused-ring (bicyclic) bond motifs is 1. The van der Waals surface area contributed by atoms with E-state index in [-0.39, 0.29) is 11.1 Å². The van der Waals surface area contributed by atoms with Crippen molar-refractivity contribution in [2.24, 2.45) is 0 Å². The quantitative estimate of drug-likeness (QED) is 0.716. The molecule has 1 saturated heterocycles. The number of hydrogen-bond donors (Lipinski definition) is 1. The first-order chi connectivity index (χ1) is 14.0. The van der Waals surface area contributed by atoms with Gasteiger partial charge in [0.2, 0.25) is 0 Å². The molecule has 0 aliphatic carbocycles. The van der Waals surface area contributed by atoms with E-state index in [0.29, 0.717) is 12.2 Å². The van der Waals surface area contributed by atoms with Crippen LogP contribution in [0.5, 0.6) is 0 Å². The van der Waals surface area contributed by atoms with Crippen molar-refractivity contribution < 1.29 is 4.79 Å². The fourth-order valence-corrected chi connectivity index (χ4v) is 3.36. The Kier molecular flexibility index (Phi) is 5.26. The molecule has 4 rings (SSSR count). The SMILES string of the molecule is Cc1ccc2ncc(C(=O)NCc3ccc(N4CCN(C)CC4)nc3)c(=O)n2c1. The number of likely N-dealkylation sites (N-methyl/N-ethyl adjacent to an activating group) is 1. The molecule has 0 aromatic carbocycles. The zero-order valence-electron chi connectivity index (χ0n) is 16.6. The van der Waals surface area contributed by atoms with Crippen molar-refractivity contribution >= 4 is 17.4 Å². The Hall–Kier alpha value is -3.26. The zero-order valence-corrected chi connectivity index (χ0v) is 16.6. The number of hydrogen-bond acceptors (Lipinski definition) is 6. The van der Waals surface area contributed by atoms with Crippen LogP contribution in [0.15, 0.2) is 47.7 Å². The second-order valence-corrected chi connectivity index (χ2v) is 7.41. The van der Waals surface area contributed by atoms with Crippen molar-refractivity contribution in [2.45, 2.75) is 13.5 Å². The average Bonchev–Trinajstić information content (AvgIpc) is 2.74. The summed E-state index contributed by atoms with van der Waals surface area (Å²) in [5.41, 5.74) is 1.96. The fourth-order valence-electron chi connectivity index (χ4n) is 3.36. The lowest BCUT2D eigenvalue weighted by Gasteiger charge is -2.33. The Balaban J connectivity index is 1.43. The number of nitrogens with zero attached hydrogens (tertiary/aromatic N) is 5. The Morgan fingerprint density at radius 3 is 2.59 bits per heavy atom. The van der Waals surface area contributed by atoms with Gasteiger partial charge in [-0.15, -0.1) is 0 Å². The van der Waals surface area contributed by atoms with E-state index in [1.54, 1.807) is 18.5 Å². The van der Waals surface area contributed by atoms with Crippen molar-refractivity contribution in [1.29, 1.82) is 0 Å². The van der Waals surface area contributed by atoms with Gasteiger partial charge in [-0.3, -0.25) is 14.0 Å². The van der Waals surface area contributed by atoms with Gasteiger partial charge in [0.25, 0.3) is 11.5 Å². The van der Waals surface area contributed by atoms with Gasteiger partial charge in [0.1, 0.15) is 17.0 Å². The second kappa shape index (κ2) is 8.00. The molecule has 0 saturated carbocycles. The van der Waals surface area contributed by atoms with E-state index < -0.39 is 5.91 Å². The average molecular weight is 392 g/mol. The van der Waals surface area contributed by atoms with Crippen LogP contribution in [0.4, 0.5) is 5.82 Å². The van der Waals surface area contributed by atoms with Gasteiger partial charge >= 0.3 is 0 Å². The molecule has 0 bridgehead atoms. The molecule has 150 valence electrons. The van der Waals surface area contributed by atoms with E-state index in [1.165, 1.54) is 10.6 Å². The third kappa shape index (κ3) is 4.12. The number of carbonyl (C=O) groups excluding carboxylic acids is 1. The molecule has 1 aliphatic rings. The summed E-state index contributed by atoms with van der Waals surface area (Å²) in [5, 5.41) is 2.79. The number of anilines is 1. The first-order valence-electron chi connectivity index (χ1n) is 9.66. The van der Waals surface area contributed by atoms with Crippen LogP contribution in [0.25, 0.3) is 5.65 Å². The minimum atomic E-state index is -0.443. The Labute approximate surface area is 168 Å². The van der Waals surface area contributed by atoms with Crippen molar-refractivity contribution in [3.05, 3.63) is 69.9 Å². The van der Waals surface area contributed by atoms with E-state index in [4.69, 9.17) is 0 Å². The third-order valence-electron chi connectivity index (χ3n) is 5.18. The number of piperazine rings is 1. The molecule has 8 heteroatoms. The third-order valence-corrected chi connectivity index (χ3v) is 5.18. The molecule has 0 spiro atoms. The summed E-state index contributed by atoms with van der Waals surface area (Å²) >= 11 is 0. The molecular weight excluding hydrogens is 368 g/mol. The standard InChI is InChI=1S/C21H24N6O2/c1-15-3-5-19-23-13-17(21(29)27(19)14-15)20(28)24-12-16-4-6-18(22-11-16)26-9-7-25(2)8-10-26/h3-6,11,13-14H,7-10,12H2,1-2H3,(H,24,28). The highest BCUT2D eigenvalue weighted by Crippen LogP contribution is 2.13. The maximum atomic E-state index is 12.6. The lowest BCUT2D eigenvalue weighted by Crippen LogP contribution is -2.44. The minimum absolute atomic E-state index is 0.0233. The molecule has 0 unspecified atom stereocenters. The minimum Gasteiger partial charge on any atom is -0.354 e. The van der Waals surface area contributed by atoms with Gasteiger partial charge in [-0.25, -0.2) is 9.97 Å². The molecule has 1 aliphatic heterocycles. The first kappa shape index (κ1) is 19.1. The van der Waals surface area contributed by atoms with Gasteiger partial charge in [-0.2, -0.15) is 0 Å². The summed E-state index contributed by atoms with van der Waals surface area (Å²) in [6.45, 7) is 6.14. The molecule has 29 heavy (non-hydrogen) atoms. The van der Waals surface area contributed by atoms with Gasteiger partial charge < -0.3 is 15.1 Å². The van der Waals surface area contributed by atoms with Crippen LogP contribution < -0.4 is 15.8 Å². The molecule has 0 radical (unpaired) electrons. The first-order valence-corrected chi connectivity index (χ1v) is 9.66. The Morgan fingerprint density at radius 2 is 1.86 bits per heavy atom. The van der Waals surface area contributed by atoms with Gasteiger partial charge in [0.05, 0.1) is 0 Å². The number of amides is 1. The summed E-state index contributed by atoms with van der Waals surface area (Å²) in [5.74, 6) is 0.502. The highest BCUT2D eigenvalue weighted by molar-refractivity contribution is 5.93. The lowest BCUT2D eigenvalue weighted by molar-refractivity contribution is 0.0949. The smallest absolute Gasteiger partial charge is 0.270 e. The summed E-state index contributed by atoms with van der Waals surface area (Å²) < 4.78 is 1.40. The molecule has 1 N–H and O–H groups in total. The normalized spacial score (nSPS) is 14.9. The highest BCUT2D eigenvalue weighted by Gasteiger charge is 2.16. The van der Waals surface area contributed by atoms with E-state index in [2.05, 4.69) is 32.1 Å². The van der Waals surface area contributed by atoms with Gasteiger partial charge in [-0.1, -0.05) is 12.1 Å². The maximum Gasteiger partial charge on any atom is 0.270 e. The van der Waals surface area contributed by atoms with Crippen LogP contribution >= 0.6 is 0 Å². The second-order valence-electron chi connectivity index (χ2n) is 7.41. The van der Waals surface area contributed by atoms with E-state index in [9.17, 15) is 9.59 Å². The number of aryl methyl sites for hydroxylation is 1. The van der Waals surface area contributed by atoms with Crippen molar-refractivity contribution in [1.82, 2.24) is 24.6 Å². The lowest BCUT2D eigenvalue weighted by atomic mass is 10.2. The van der Waals surface area contributed by atoms with E-state index in [1.807, 2.05) is 25.1 Å². The number of carbonyl (C=O) groups is 1. The van der Waals surface area contributed by atoms with Gasteiger partial charge in [0.15, 0.2) is 0 Å². The monoisotopic (exact) mass is 392 g/mol. The summed E-state index contributed by atoms with van der Waals surface area (Å²) in [7, 11) is 2.12. The Morgan fingerprint density at radius 1 is 1.07 bits per heavy atom. The van der Waals surface area contributed by atoms with Gasteiger partial charge in [0, 0.05) is 51.3 Å². The number of nitrogens with one attached hydrogen (secondary N) is 1. The summed E-state index contributed by atoms with van der Waals surface area (Å²) in [4.78, 5) is 38.4. The van der Waals surface area contributed by atoms with E-state index in [0.717, 1.165) is 43.1 Å².